The molecule has 23 heavy (non-hydrogen) atoms. The van der Waals surface area contributed by atoms with Gasteiger partial charge in [0.1, 0.15) is 23.8 Å². The predicted octanol–water partition coefficient (Wildman–Crippen LogP) is 3.29. The predicted molar refractivity (Wildman–Crippen MR) is 83.3 cm³/mol. The molecule has 0 aliphatic heterocycles. The van der Waals surface area contributed by atoms with Crippen LogP contribution in [-0.2, 0) is 0 Å². The summed E-state index contributed by atoms with van der Waals surface area (Å²) in [5.74, 6) is 0.0123. The van der Waals surface area contributed by atoms with Gasteiger partial charge >= 0.3 is 0 Å². The van der Waals surface area contributed by atoms with Gasteiger partial charge < -0.3 is 14.8 Å². The minimum Gasteiger partial charge on any atom is -0.467 e. The van der Waals surface area contributed by atoms with Gasteiger partial charge in [-0.3, -0.25) is 4.98 Å². The Morgan fingerprint density at radius 2 is 2.30 bits per heavy atom. The fourth-order valence-corrected chi connectivity index (χ4v) is 2.49. The number of aliphatic hydroxyl groups excluding tert-OH is 1. The fourth-order valence-electron chi connectivity index (χ4n) is 2.49. The highest BCUT2D eigenvalue weighted by atomic mass is 19.1. The van der Waals surface area contributed by atoms with Gasteiger partial charge in [-0.15, -0.1) is 0 Å². The van der Waals surface area contributed by atoms with Crippen molar-refractivity contribution in [3.05, 3.63) is 59.4 Å². The van der Waals surface area contributed by atoms with Crippen molar-refractivity contribution < 1.29 is 13.9 Å². The first-order valence-corrected chi connectivity index (χ1v) is 7.04. The summed E-state index contributed by atoms with van der Waals surface area (Å²) in [4.78, 5) is 4.22. The Kier molecular flexibility index (Phi) is 3.96. The number of halogens is 1. The SMILES string of the molecule is Cc1cc(F)cc2c(NC[C@H](O)c3ccco3)c(C#N)cnc12. The third kappa shape index (κ3) is 2.87. The number of aromatic nitrogens is 1. The van der Waals surface area contributed by atoms with Crippen LogP contribution in [0.15, 0.2) is 41.1 Å². The minimum atomic E-state index is -0.880. The Morgan fingerprint density at radius 1 is 1.48 bits per heavy atom. The standard InChI is InChI=1S/C17H14FN3O2/c1-10-5-12(18)6-13-16(10)20-8-11(7-19)17(13)21-9-14(22)15-3-2-4-23-15/h2-6,8,14,22H,9H2,1H3,(H,20,21)/t14-/m0/s1. The van der Waals surface area contributed by atoms with Gasteiger partial charge in [-0.05, 0) is 36.8 Å². The molecule has 0 aliphatic rings. The van der Waals surface area contributed by atoms with E-state index in [9.17, 15) is 14.8 Å². The van der Waals surface area contributed by atoms with Crippen LogP contribution in [0.2, 0.25) is 0 Å². The summed E-state index contributed by atoms with van der Waals surface area (Å²) in [5, 5.41) is 22.9. The van der Waals surface area contributed by atoms with Crippen molar-refractivity contribution >= 4 is 16.6 Å². The average molecular weight is 311 g/mol. The van der Waals surface area contributed by atoms with E-state index in [4.69, 9.17) is 4.42 Å². The molecule has 2 N–H and O–H groups in total. The molecule has 2 aromatic heterocycles. The maximum absolute atomic E-state index is 13.7. The van der Waals surface area contributed by atoms with E-state index in [1.54, 1.807) is 19.1 Å². The molecule has 5 nitrogen and oxygen atoms in total. The second-order valence-corrected chi connectivity index (χ2v) is 5.19. The van der Waals surface area contributed by atoms with E-state index in [-0.39, 0.29) is 12.1 Å². The summed E-state index contributed by atoms with van der Waals surface area (Å²) in [5.41, 5.74) is 2.03. The van der Waals surface area contributed by atoms with Crippen molar-refractivity contribution in [3.63, 3.8) is 0 Å². The average Bonchev–Trinajstić information content (AvgIpc) is 3.06. The van der Waals surface area contributed by atoms with Crippen LogP contribution >= 0.6 is 0 Å². The summed E-state index contributed by atoms with van der Waals surface area (Å²) >= 11 is 0. The summed E-state index contributed by atoms with van der Waals surface area (Å²) in [6, 6.07) is 8.09. The molecule has 0 bridgehead atoms. The lowest BCUT2D eigenvalue weighted by molar-refractivity contribution is 0.162. The van der Waals surface area contributed by atoms with E-state index in [1.165, 1.54) is 24.6 Å². The van der Waals surface area contributed by atoms with E-state index in [0.717, 1.165) is 0 Å². The van der Waals surface area contributed by atoms with Crippen molar-refractivity contribution in [3.8, 4) is 6.07 Å². The van der Waals surface area contributed by atoms with Gasteiger partial charge in [0.15, 0.2) is 0 Å². The Hall–Kier alpha value is -2.91. The fraction of sp³-hybridized carbons (Fsp3) is 0.176. The number of rotatable bonds is 4. The summed E-state index contributed by atoms with van der Waals surface area (Å²) in [7, 11) is 0. The van der Waals surface area contributed by atoms with Gasteiger partial charge in [-0.25, -0.2) is 4.39 Å². The lowest BCUT2D eigenvalue weighted by atomic mass is 10.1. The molecule has 0 fully saturated rings. The van der Waals surface area contributed by atoms with E-state index >= 15 is 0 Å². The van der Waals surface area contributed by atoms with E-state index < -0.39 is 11.9 Å². The number of furan rings is 1. The maximum Gasteiger partial charge on any atom is 0.134 e. The van der Waals surface area contributed by atoms with Gasteiger partial charge in [0.05, 0.1) is 23.0 Å². The first-order valence-electron chi connectivity index (χ1n) is 7.04. The zero-order chi connectivity index (χ0) is 16.4. The Labute approximate surface area is 132 Å². The third-order valence-corrected chi connectivity index (χ3v) is 3.59. The van der Waals surface area contributed by atoms with Crippen molar-refractivity contribution in [1.82, 2.24) is 4.98 Å². The number of hydrogen-bond acceptors (Lipinski definition) is 5. The smallest absolute Gasteiger partial charge is 0.134 e. The molecule has 2 heterocycles. The number of pyridine rings is 1. The van der Waals surface area contributed by atoms with Crippen molar-refractivity contribution in [2.75, 3.05) is 11.9 Å². The highest BCUT2D eigenvalue weighted by molar-refractivity contribution is 5.95. The van der Waals surface area contributed by atoms with Crippen LogP contribution in [0, 0.1) is 24.1 Å². The van der Waals surface area contributed by atoms with Crippen LogP contribution in [0.25, 0.3) is 10.9 Å². The molecule has 0 unspecified atom stereocenters. The zero-order valence-corrected chi connectivity index (χ0v) is 12.4. The molecule has 0 amide bonds. The molecular formula is C17H14FN3O2. The van der Waals surface area contributed by atoms with Crippen LogP contribution in [0.1, 0.15) is 23.0 Å². The monoisotopic (exact) mass is 311 g/mol. The first-order chi connectivity index (χ1) is 11.1. The van der Waals surface area contributed by atoms with Gasteiger partial charge in [0, 0.05) is 18.1 Å². The van der Waals surface area contributed by atoms with Crippen molar-refractivity contribution in [2.45, 2.75) is 13.0 Å². The van der Waals surface area contributed by atoms with Crippen LogP contribution < -0.4 is 5.32 Å². The lowest BCUT2D eigenvalue weighted by Gasteiger charge is -2.14. The summed E-state index contributed by atoms with van der Waals surface area (Å²) in [6.45, 7) is 1.88. The summed E-state index contributed by atoms with van der Waals surface area (Å²) in [6.07, 6.45) is 2.03. The number of hydrogen-bond donors (Lipinski definition) is 2. The number of fused-ring (bicyclic) bond motifs is 1. The molecule has 0 aliphatic carbocycles. The molecule has 1 aromatic carbocycles. The van der Waals surface area contributed by atoms with E-state index in [1.807, 2.05) is 6.07 Å². The first kappa shape index (κ1) is 15.0. The van der Waals surface area contributed by atoms with Crippen LogP contribution in [0.4, 0.5) is 10.1 Å². The molecule has 1 atom stereocenters. The molecule has 6 heteroatoms. The van der Waals surface area contributed by atoms with Crippen LogP contribution in [-0.4, -0.2) is 16.6 Å². The van der Waals surface area contributed by atoms with Crippen molar-refractivity contribution in [1.29, 1.82) is 5.26 Å². The number of benzene rings is 1. The zero-order valence-electron chi connectivity index (χ0n) is 12.4. The van der Waals surface area contributed by atoms with Gasteiger partial charge in [-0.1, -0.05) is 0 Å². The third-order valence-electron chi connectivity index (χ3n) is 3.59. The number of nitrogens with zero attached hydrogens (tertiary/aromatic N) is 2. The topological polar surface area (TPSA) is 82.1 Å². The number of aliphatic hydroxyl groups is 1. The number of aryl methyl sites for hydroxylation is 1. The van der Waals surface area contributed by atoms with E-state index in [2.05, 4.69) is 10.3 Å². The Balaban J connectivity index is 2.00. The molecule has 0 radical (unpaired) electrons. The maximum atomic E-state index is 13.7. The molecule has 0 spiro atoms. The lowest BCUT2D eigenvalue weighted by Crippen LogP contribution is -2.13. The van der Waals surface area contributed by atoms with E-state index in [0.29, 0.717) is 27.9 Å². The molecule has 0 saturated carbocycles. The molecule has 0 saturated heterocycles. The van der Waals surface area contributed by atoms with Crippen LogP contribution in [0.5, 0.6) is 0 Å². The minimum absolute atomic E-state index is 0.122. The second kappa shape index (κ2) is 6.07. The van der Waals surface area contributed by atoms with Crippen LogP contribution in [0.3, 0.4) is 0 Å². The second-order valence-electron chi connectivity index (χ2n) is 5.19. The Bertz CT molecular complexity index is 885. The highest BCUT2D eigenvalue weighted by Crippen LogP contribution is 2.29. The molecule has 3 rings (SSSR count). The molecular weight excluding hydrogens is 297 g/mol. The number of nitriles is 1. The largest absolute Gasteiger partial charge is 0.467 e. The highest BCUT2D eigenvalue weighted by Gasteiger charge is 2.15. The van der Waals surface area contributed by atoms with Gasteiger partial charge in [-0.2, -0.15) is 5.26 Å². The normalized spacial score (nSPS) is 12.1. The van der Waals surface area contributed by atoms with Crippen molar-refractivity contribution in [2.24, 2.45) is 0 Å². The van der Waals surface area contributed by atoms with Gasteiger partial charge in [0.25, 0.3) is 0 Å². The Morgan fingerprint density at radius 3 is 3.00 bits per heavy atom. The quantitative estimate of drug-likeness (QED) is 0.772. The molecule has 3 aromatic rings. The molecule has 116 valence electrons. The van der Waals surface area contributed by atoms with Gasteiger partial charge in [0.2, 0.25) is 0 Å². The summed E-state index contributed by atoms with van der Waals surface area (Å²) < 4.78 is 18.9. The number of anilines is 1. The number of nitrogens with one attached hydrogen (secondary N) is 1.